The van der Waals surface area contributed by atoms with Crippen molar-refractivity contribution >= 4 is 29.1 Å². The van der Waals surface area contributed by atoms with Crippen LogP contribution in [0.5, 0.6) is 17.2 Å². The van der Waals surface area contributed by atoms with E-state index in [9.17, 15) is 9.90 Å². The molecule has 13 heteroatoms. The first-order valence-electron chi connectivity index (χ1n) is 17.9. The molecule has 5 aromatic rings. The predicted molar refractivity (Wildman–Crippen MR) is 202 cm³/mol. The van der Waals surface area contributed by atoms with E-state index in [4.69, 9.17) is 26.2 Å². The van der Waals surface area contributed by atoms with Gasteiger partial charge in [0.25, 0.3) is 0 Å². The largest absolute Gasteiger partial charge is 0.506 e. The molecule has 1 aliphatic heterocycles. The molecule has 0 spiro atoms. The third-order valence-electron chi connectivity index (χ3n) is 9.47. The van der Waals surface area contributed by atoms with Crippen LogP contribution < -0.4 is 20.1 Å². The Balaban J connectivity index is 0.987. The Kier molecular flexibility index (Phi) is 10.1. The number of phenolic OH excluding ortho intramolecular Hbond substituents is 1. The Morgan fingerprint density at radius 2 is 1.75 bits per heavy atom. The molecular formula is C39H45ClN8O4. The highest BCUT2D eigenvalue weighted by Crippen LogP contribution is 2.37. The molecule has 2 aliphatic rings. The van der Waals surface area contributed by atoms with Crippen LogP contribution in [0.3, 0.4) is 0 Å². The minimum Gasteiger partial charge on any atom is -0.506 e. The van der Waals surface area contributed by atoms with Gasteiger partial charge in [-0.1, -0.05) is 51.4 Å². The van der Waals surface area contributed by atoms with Crippen LogP contribution in [0.2, 0.25) is 5.02 Å². The number of benzene rings is 3. The lowest BCUT2D eigenvalue weighted by Crippen LogP contribution is -2.36. The van der Waals surface area contributed by atoms with Crippen LogP contribution >= 0.6 is 11.6 Å². The minimum absolute atomic E-state index is 0.0240. The van der Waals surface area contributed by atoms with E-state index in [1.165, 1.54) is 6.07 Å². The number of ether oxygens (including phenoxy) is 2. The van der Waals surface area contributed by atoms with Crippen molar-refractivity contribution in [1.82, 2.24) is 29.4 Å². The predicted octanol–water partition coefficient (Wildman–Crippen LogP) is 7.60. The van der Waals surface area contributed by atoms with Gasteiger partial charge in [-0.2, -0.15) is 5.10 Å². The first kappa shape index (κ1) is 35.3. The summed E-state index contributed by atoms with van der Waals surface area (Å²) >= 11 is 6.21. The molecule has 0 fully saturated rings. The van der Waals surface area contributed by atoms with Crippen LogP contribution in [0.4, 0.5) is 16.3 Å². The number of nitrogens with zero attached hydrogens (tertiary/aromatic N) is 6. The molecule has 0 atom stereocenters. The lowest BCUT2D eigenvalue weighted by molar-refractivity contribution is 0.174. The number of hydrogen-bond acceptors (Lipinski definition) is 8. The Morgan fingerprint density at radius 1 is 0.942 bits per heavy atom. The van der Waals surface area contributed by atoms with Gasteiger partial charge >= 0.3 is 6.03 Å². The van der Waals surface area contributed by atoms with Gasteiger partial charge in [0.1, 0.15) is 35.5 Å². The molecule has 0 bridgehead atoms. The number of aromatic hydroxyl groups is 1. The van der Waals surface area contributed by atoms with Crippen molar-refractivity contribution in [1.29, 1.82) is 0 Å². The molecule has 3 heterocycles. The van der Waals surface area contributed by atoms with E-state index in [1.807, 2.05) is 42.5 Å². The number of halogens is 1. The second-order valence-electron chi connectivity index (χ2n) is 14.3. The van der Waals surface area contributed by atoms with Crippen molar-refractivity contribution in [3.05, 3.63) is 88.3 Å². The van der Waals surface area contributed by atoms with Crippen molar-refractivity contribution in [2.45, 2.75) is 71.9 Å². The molecule has 272 valence electrons. The first-order chi connectivity index (χ1) is 25.1. The number of aromatic nitrogens is 5. The second kappa shape index (κ2) is 14.9. The number of carbonyl (C=O) groups excluding carboxylic acids is 1. The van der Waals surface area contributed by atoms with Crippen molar-refractivity contribution in [2.75, 3.05) is 36.9 Å². The summed E-state index contributed by atoms with van der Waals surface area (Å²) < 4.78 is 16.2. The van der Waals surface area contributed by atoms with Gasteiger partial charge in [-0.15, -0.1) is 10.2 Å². The fourth-order valence-electron chi connectivity index (χ4n) is 6.73. The number of fused-ring (bicyclic) bond motifs is 2. The molecule has 0 unspecified atom stereocenters. The number of para-hydroxylation sites is 1. The SMILES string of the molecule is CCCOc1ccccc1-c1nnc2n1CCN(CCOc1ccc(NC(=O)Nc3cc(C(C)(C)C)nn3-c3ccc(O)c(Cl)c3)c3c1CCC3)C2. The molecule has 3 aromatic carbocycles. The fourth-order valence-corrected chi connectivity index (χ4v) is 6.90. The van der Waals surface area contributed by atoms with E-state index in [-0.39, 0.29) is 22.2 Å². The van der Waals surface area contributed by atoms with Crippen LogP contribution in [-0.2, 0) is 31.3 Å². The van der Waals surface area contributed by atoms with Crippen LogP contribution in [0.25, 0.3) is 17.1 Å². The monoisotopic (exact) mass is 724 g/mol. The standard InChI is InChI=1S/C39H45ClN8O4/c1-5-20-51-32-12-7-6-9-28(32)37-44-43-36-24-46(17-18-47(36)37)19-21-52-33-16-14-30(26-10-8-11-27(26)33)41-38(50)42-35-23-34(39(2,3)4)45-48(35)25-13-15-31(49)29(40)22-25/h6-7,9,12-16,22-23,49H,5,8,10-11,17-21,24H2,1-4H3,(H2,41,42,50). The van der Waals surface area contributed by atoms with Crippen molar-refractivity contribution in [3.63, 3.8) is 0 Å². The molecule has 2 aromatic heterocycles. The molecule has 0 radical (unpaired) electrons. The highest BCUT2D eigenvalue weighted by molar-refractivity contribution is 6.32. The molecule has 2 amide bonds. The fraction of sp³-hybridized carbons (Fsp3) is 0.385. The quantitative estimate of drug-likeness (QED) is 0.127. The highest BCUT2D eigenvalue weighted by Gasteiger charge is 2.26. The minimum atomic E-state index is -0.382. The number of hydrogen-bond donors (Lipinski definition) is 3. The van der Waals surface area contributed by atoms with E-state index in [0.717, 1.165) is 96.5 Å². The van der Waals surface area contributed by atoms with Gasteiger partial charge in [-0.25, -0.2) is 9.48 Å². The number of rotatable bonds is 11. The lowest BCUT2D eigenvalue weighted by Gasteiger charge is -2.28. The normalized spacial score (nSPS) is 14.2. The highest BCUT2D eigenvalue weighted by atomic mass is 35.5. The zero-order valence-electron chi connectivity index (χ0n) is 30.1. The molecule has 0 saturated heterocycles. The summed E-state index contributed by atoms with van der Waals surface area (Å²) in [5.41, 5.74) is 5.13. The molecule has 1 aliphatic carbocycles. The number of phenols is 1. The van der Waals surface area contributed by atoms with E-state index in [0.29, 0.717) is 31.3 Å². The number of nitrogens with one attached hydrogen (secondary N) is 2. The van der Waals surface area contributed by atoms with Gasteiger partial charge in [0, 0.05) is 36.8 Å². The molecule has 3 N–H and O–H groups in total. The number of anilines is 2. The number of amides is 2. The van der Waals surface area contributed by atoms with E-state index < -0.39 is 0 Å². The summed E-state index contributed by atoms with van der Waals surface area (Å²) in [4.78, 5) is 15.8. The molecule has 7 rings (SSSR count). The zero-order chi connectivity index (χ0) is 36.4. The topological polar surface area (TPSA) is 132 Å². The van der Waals surface area contributed by atoms with Crippen molar-refractivity contribution < 1.29 is 19.4 Å². The first-order valence-corrected chi connectivity index (χ1v) is 18.3. The van der Waals surface area contributed by atoms with E-state index in [2.05, 4.69) is 58.0 Å². The van der Waals surface area contributed by atoms with Gasteiger partial charge in [-0.3, -0.25) is 10.2 Å². The smallest absolute Gasteiger partial charge is 0.324 e. The van der Waals surface area contributed by atoms with E-state index >= 15 is 0 Å². The number of carbonyl (C=O) groups is 1. The van der Waals surface area contributed by atoms with Crippen LogP contribution in [-0.4, -0.2) is 66.9 Å². The Morgan fingerprint density at radius 3 is 2.56 bits per heavy atom. The van der Waals surface area contributed by atoms with Crippen molar-refractivity contribution in [2.24, 2.45) is 0 Å². The van der Waals surface area contributed by atoms with Crippen LogP contribution in [0.1, 0.15) is 63.2 Å². The Labute approximate surface area is 308 Å². The summed E-state index contributed by atoms with van der Waals surface area (Å²) in [6.07, 6.45) is 3.68. The van der Waals surface area contributed by atoms with Gasteiger partial charge in [0.2, 0.25) is 0 Å². The third kappa shape index (κ3) is 7.44. The number of urea groups is 1. The second-order valence-corrected chi connectivity index (χ2v) is 14.7. The Hall–Kier alpha value is -5.07. The maximum atomic E-state index is 13.4. The molecule has 12 nitrogen and oxygen atoms in total. The van der Waals surface area contributed by atoms with Gasteiger partial charge in [0.15, 0.2) is 5.82 Å². The van der Waals surface area contributed by atoms with Gasteiger partial charge < -0.3 is 24.5 Å². The third-order valence-corrected chi connectivity index (χ3v) is 9.77. The average Bonchev–Trinajstić information content (AvgIpc) is 3.89. The molecule has 0 saturated carbocycles. The molecular weight excluding hydrogens is 680 g/mol. The summed E-state index contributed by atoms with van der Waals surface area (Å²) in [5.74, 6) is 3.94. The summed E-state index contributed by atoms with van der Waals surface area (Å²) in [5, 5.41) is 30.0. The van der Waals surface area contributed by atoms with E-state index in [1.54, 1.807) is 16.8 Å². The molecule has 52 heavy (non-hydrogen) atoms. The summed E-state index contributed by atoms with van der Waals surface area (Å²) in [6.45, 7) is 12.6. The summed E-state index contributed by atoms with van der Waals surface area (Å²) in [6, 6.07) is 18.2. The zero-order valence-corrected chi connectivity index (χ0v) is 30.8. The van der Waals surface area contributed by atoms with Crippen molar-refractivity contribution in [3.8, 4) is 34.3 Å². The average molecular weight is 725 g/mol. The maximum Gasteiger partial charge on any atom is 0.324 e. The van der Waals surface area contributed by atoms with Gasteiger partial charge in [-0.05, 0) is 79.3 Å². The Bertz CT molecular complexity index is 2080. The van der Waals surface area contributed by atoms with Crippen LogP contribution in [0.15, 0.2) is 60.7 Å². The maximum absolute atomic E-state index is 13.4. The van der Waals surface area contributed by atoms with Crippen LogP contribution in [0, 0.1) is 0 Å². The lowest BCUT2D eigenvalue weighted by atomic mass is 9.92. The summed E-state index contributed by atoms with van der Waals surface area (Å²) in [7, 11) is 0. The van der Waals surface area contributed by atoms with Gasteiger partial charge in [0.05, 0.1) is 35.1 Å².